The van der Waals surface area contributed by atoms with Crippen molar-refractivity contribution in [2.45, 2.75) is 32.9 Å². The van der Waals surface area contributed by atoms with Gasteiger partial charge in [0, 0.05) is 0 Å². The summed E-state index contributed by atoms with van der Waals surface area (Å²) in [5.41, 5.74) is 0.632. The molecule has 1 heterocycles. The quantitative estimate of drug-likeness (QED) is 0.736. The molecule has 0 spiro atoms. The van der Waals surface area contributed by atoms with Gasteiger partial charge in [-0.05, 0) is 38.4 Å². The highest BCUT2D eigenvalue weighted by Gasteiger charge is 2.17. The average molecular weight is 308 g/mol. The monoisotopic (exact) mass is 308 g/mol. The minimum Gasteiger partial charge on any atom is -0.444 e. The van der Waals surface area contributed by atoms with Gasteiger partial charge in [0.15, 0.2) is 0 Å². The molecule has 3 N–H and O–H groups in total. The third-order valence-corrected chi connectivity index (χ3v) is 3.56. The fraction of sp³-hybridized carbons (Fsp3) is 0.385. The lowest BCUT2D eigenvalue weighted by Gasteiger charge is -2.19. The average Bonchev–Trinajstić information content (AvgIpc) is 2.75. The van der Waals surface area contributed by atoms with Gasteiger partial charge in [-0.1, -0.05) is 6.07 Å². The van der Waals surface area contributed by atoms with Crippen LogP contribution in [0.5, 0.6) is 0 Å². The van der Waals surface area contributed by atoms with E-state index in [1.54, 1.807) is 39.0 Å². The summed E-state index contributed by atoms with van der Waals surface area (Å²) in [7, 11) is -1.50. The third-order valence-electron chi connectivity index (χ3n) is 2.54. The van der Waals surface area contributed by atoms with Crippen molar-refractivity contribution in [3.63, 3.8) is 0 Å². The van der Waals surface area contributed by atoms with Crippen molar-refractivity contribution in [2.75, 3.05) is 0 Å². The van der Waals surface area contributed by atoms with Crippen LogP contribution in [-0.2, 0) is 11.3 Å². The van der Waals surface area contributed by atoms with Crippen LogP contribution in [0.3, 0.4) is 0 Å². The van der Waals surface area contributed by atoms with Crippen LogP contribution in [0.15, 0.2) is 18.2 Å². The van der Waals surface area contributed by atoms with Crippen LogP contribution < -0.4 is 10.8 Å². The van der Waals surface area contributed by atoms with Crippen LogP contribution in [0.2, 0.25) is 0 Å². The zero-order chi connectivity index (χ0) is 15.6. The molecule has 0 saturated heterocycles. The molecule has 2 aromatic rings. The normalized spacial score (nSPS) is 11.5. The number of rotatable bonds is 3. The molecule has 6 nitrogen and oxygen atoms in total. The lowest BCUT2D eigenvalue weighted by atomic mass is 9.80. The van der Waals surface area contributed by atoms with Gasteiger partial charge in [-0.2, -0.15) is 0 Å². The Morgan fingerprint density at radius 1 is 1.43 bits per heavy atom. The van der Waals surface area contributed by atoms with E-state index in [9.17, 15) is 4.79 Å². The Kier molecular flexibility index (Phi) is 4.50. The number of hydrogen-bond acceptors (Lipinski definition) is 6. The van der Waals surface area contributed by atoms with E-state index in [0.717, 1.165) is 15.2 Å². The molecule has 0 unspecified atom stereocenters. The maximum atomic E-state index is 11.6. The molecule has 8 heteroatoms. The van der Waals surface area contributed by atoms with Crippen molar-refractivity contribution >= 4 is 40.2 Å². The number of aromatic nitrogens is 1. The Bertz CT molecular complexity index is 651. The molecular formula is C13H17BN2O4S. The van der Waals surface area contributed by atoms with Gasteiger partial charge in [-0.3, -0.25) is 0 Å². The van der Waals surface area contributed by atoms with E-state index in [0.29, 0.717) is 5.46 Å². The number of fused-ring (bicyclic) bond motifs is 1. The SMILES string of the molecule is CC(C)(C)OC(=O)NCc1nc2ccc(B(O)O)cc2s1. The number of hydrogen-bond donors (Lipinski definition) is 3. The van der Waals surface area contributed by atoms with Gasteiger partial charge in [0.1, 0.15) is 10.6 Å². The maximum absolute atomic E-state index is 11.6. The molecule has 0 saturated carbocycles. The van der Waals surface area contributed by atoms with Crippen molar-refractivity contribution in [3.05, 3.63) is 23.2 Å². The Balaban J connectivity index is 2.04. The minimum atomic E-state index is -1.50. The molecular weight excluding hydrogens is 291 g/mol. The lowest BCUT2D eigenvalue weighted by molar-refractivity contribution is 0.0523. The lowest BCUT2D eigenvalue weighted by Crippen LogP contribution is -2.32. The molecule has 21 heavy (non-hydrogen) atoms. The fourth-order valence-electron chi connectivity index (χ4n) is 1.69. The second kappa shape index (κ2) is 6.01. The molecule has 0 aliphatic rings. The summed E-state index contributed by atoms with van der Waals surface area (Å²) >= 11 is 1.39. The Hall–Kier alpha value is -1.64. The van der Waals surface area contributed by atoms with E-state index < -0.39 is 18.8 Å². The summed E-state index contributed by atoms with van der Waals surface area (Å²) in [6, 6.07) is 5.00. The predicted octanol–water partition coefficient (Wildman–Crippen LogP) is 1.00. The number of nitrogens with one attached hydrogen (secondary N) is 1. The highest BCUT2D eigenvalue weighted by atomic mass is 32.1. The molecule has 2 rings (SSSR count). The second-order valence-electron chi connectivity index (χ2n) is 5.56. The summed E-state index contributed by atoms with van der Waals surface area (Å²) < 4.78 is 5.98. The molecule has 1 aromatic carbocycles. The number of ether oxygens (including phenoxy) is 1. The number of benzene rings is 1. The van der Waals surface area contributed by atoms with Crippen molar-refractivity contribution in [1.82, 2.24) is 10.3 Å². The van der Waals surface area contributed by atoms with E-state index in [1.165, 1.54) is 11.3 Å². The van der Waals surface area contributed by atoms with Gasteiger partial charge in [0.2, 0.25) is 0 Å². The van der Waals surface area contributed by atoms with Crippen LogP contribution in [0.1, 0.15) is 25.8 Å². The number of thiazole rings is 1. The van der Waals surface area contributed by atoms with E-state index in [4.69, 9.17) is 14.8 Å². The predicted molar refractivity (Wildman–Crippen MR) is 82.5 cm³/mol. The first-order valence-electron chi connectivity index (χ1n) is 6.47. The molecule has 1 amide bonds. The maximum Gasteiger partial charge on any atom is 0.488 e. The molecule has 0 aliphatic carbocycles. The Morgan fingerprint density at radius 3 is 2.76 bits per heavy atom. The van der Waals surface area contributed by atoms with Gasteiger partial charge in [0.25, 0.3) is 0 Å². The molecule has 0 fully saturated rings. The van der Waals surface area contributed by atoms with Gasteiger partial charge in [-0.15, -0.1) is 11.3 Å². The number of carbonyl (C=O) groups excluding carboxylic acids is 1. The second-order valence-corrected chi connectivity index (χ2v) is 6.68. The standard InChI is InChI=1S/C13H17BN2O4S/c1-13(2,3)20-12(17)15-7-11-16-9-5-4-8(14(18)19)6-10(9)21-11/h4-6,18-19H,7H2,1-3H3,(H,15,17). The van der Waals surface area contributed by atoms with Crippen LogP contribution in [0.4, 0.5) is 4.79 Å². The highest BCUT2D eigenvalue weighted by molar-refractivity contribution is 7.18. The molecule has 0 bridgehead atoms. The molecule has 1 aromatic heterocycles. The van der Waals surface area contributed by atoms with E-state index in [2.05, 4.69) is 10.3 Å². The smallest absolute Gasteiger partial charge is 0.444 e. The van der Waals surface area contributed by atoms with Gasteiger partial charge in [-0.25, -0.2) is 9.78 Å². The van der Waals surface area contributed by atoms with E-state index in [1.807, 2.05) is 0 Å². The number of amides is 1. The largest absolute Gasteiger partial charge is 0.488 e. The van der Waals surface area contributed by atoms with Crippen LogP contribution in [-0.4, -0.2) is 33.8 Å². The summed E-state index contributed by atoms with van der Waals surface area (Å²) in [5, 5.41) is 21.6. The van der Waals surface area contributed by atoms with Crippen molar-refractivity contribution in [2.24, 2.45) is 0 Å². The number of carbonyl (C=O) groups is 1. The van der Waals surface area contributed by atoms with E-state index >= 15 is 0 Å². The molecule has 0 aliphatic heterocycles. The fourth-order valence-corrected chi connectivity index (χ4v) is 2.64. The summed E-state index contributed by atoms with van der Waals surface area (Å²) in [4.78, 5) is 15.9. The van der Waals surface area contributed by atoms with Crippen molar-refractivity contribution in [1.29, 1.82) is 0 Å². The zero-order valence-corrected chi connectivity index (χ0v) is 12.9. The zero-order valence-electron chi connectivity index (χ0n) is 12.1. The molecule has 112 valence electrons. The summed E-state index contributed by atoms with van der Waals surface area (Å²) in [5.74, 6) is 0. The first-order chi connectivity index (χ1) is 9.74. The van der Waals surface area contributed by atoms with Crippen molar-refractivity contribution < 1.29 is 19.6 Å². The van der Waals surface area contributed by atoms with Crippen LogP contribution in [0, 0.1) is 0 Å². The number of alkyl carbamates (subject to hydrolysis) is 1. The topological polar surface area (TPSA) is 91.7 Å². The summed E-state index contributed by atoms with van der Waals surface area (Å²) in [6.45, 7) is 5.66. The van der Waals surface area contributed by atoms with Gasteiger partial charge < -0.3 is 20.1 Å². The Labute approximate surface area is 126 Å². The van der Waals surface area contributed by atoms with Gasteiger partial charge in [0.05, 0.1) is 16.8 Å². The van der Waals surface area contributed by atoms with Crippen molar-refractivity contribution in [3.8, 4) is 0 Å². The van der Waals surface area contributed by atoms with E-state index in [-0.39, 0.29) is 6.54 Å². The number of nitrogens with zero attached hydrogens (tertiary/aromatic N) is 1. The highest BCUT2D eigenvalue weighted by Crippen LogP contribution is 2.21. The van der Waals surface area contributed by atoms with Crippen LogP contribution in [0.25, 0.3) is 10.2 Å². The molecule has 0 atom stereocenters. The minimum absolute atomic E-state index is 0.269. The Morgan fingerprint density at radius 2 is 2.14 bits per heavy atom. The van der Waals surface area contributed by atoms with Crippen LogP contribution >= 0.6 is 11.3 Å². The molecule has 0 radical (unpaired) electrons. The summed E-state index contributed by atoms with van der Waals surface area (Å²) in [6.07, 6.45) is -0.492. The third kappa shape index (κ3) is 4.42. The first kappa shape index (κ1) is 15.7. The first-order valence-corrected chi connectivity index (χ1v) is 7.28. The van der Waals surface area contributed by atoms with Gasteiger partial charge >= 0.3 is 13.2 Å².